The molecule has 0 radical (unpaired) electrons. The van der Waals surface area contributed by atoms with Gasteiger partial charge in [0.25, 0.3) is 5.91 Å². The van der Waals surface area contributed by atoms with Crippen molar-refractivity contribution in [2.45, 2.75) is 0 Å². The summed E-state index contributed by atoms with van der Waals surface area (Å²) in [5, 5.41) is 2.25. The molecule has 6 heteroatoms. The lowest BCUT2D eigenvalue weighted by molar-refractivity contribution is 0.0742. The van der Waals surface area contributed by atoms with E-state index in [1.807, 2.05) is 30.6 Å². The van der Waals surface area contributed by atoms with Gasteiger partial charge in [-0.3, -0.25) is 14.8 Å². The Labute approximate surface area is 144 Å². The molecule has 1 fully saturated rings. The summed E-state index contributed by atoms with van der Waals surface area (Å²) in [6.45, 7) is 2.47. The van der Waals surface area contributed by atoms with Gasteiger partial charge in [-0.15, -0.1) is 0 Å². The van der Waals surface area contributed by atoms with Crippen molar-refractivity contribution >= 4 is 22.4 Å². The molecule has 0 unspecified atom stereocenters. The van der Waals surface area contributed by atoms with E-state index in [1.54, 1.807) is 4.90 Å². The maximum absolute atomic E-state index is 13.8. The minimum Gasteiger partial charge on any atom is -0.366 e. The number of pyridine rings is 2. The molecule has 1 saturated heterocycles. The van der Waals surface area contributed by atoms with Gasteiger partial charge in [0, 0.05) is 49.3 Å². The van der Waals surface area contributed by atoms with Crippen LogP contribution in [-0.4, -0.2) is 47.0 Å². The van der Waals surface area contributed by atoms with Gasteiger partial charge in [-0.05, 0) is 6.07 Å². The SMILES string of the molecule is O=C(c1ccncc1F)N1CCN(c2cncc3ccccc23)CC1. The molecule has 0 spiro atoms. The van der Waals surface area contributed by atoms with Crippen LogP contribution in [0.1, 0.15) is 10.4 Å². The molecule has 3 heterocycles. The molecule has 0 bridgehead atoms. The zero-order valence-corrected chi connectivity index (χ0v) is 13.6. The van der Waals surface area contributed by atoms with Crippen LogP contribution in [0.5, 0.6) is 0 Å². The number of aromatic nitrogens is 2. The zero-order chi connectivity index (χ0) is 17.2. The Kier molecular flexibility index (Phi) is 4.01. The van der Waals surface area contributed by atoms with E-state index in [-0.39, 0.29) is 11.5 Å². The summed E-state index contributed by atoms with van der Waals surface area (Å²) in [7, 11) is 0. The normalized spacial score (nSPS) is 14.8. The fraction of sp³-hybridized carbons (Fsp3) is 0.211. The number of carbonyl (C=O) groups is 1. The first-order valence-electron chi connectivity index (χ1n) is 8.20. The smallest absolute Gasteiger partial charge is 0.257 e. The molecule has 4 rings (SSSR count). The number of rotatable bonds is 2. The highest BCUT2D eigenvalue weighted by atomic mass is 19.1. The summed E-state index contributed by atoms with van der Waals surface area (Å²) < 4.78 is 13.8. The number of hydrogen-bond acceptors (Lipinski definition) is 4. The third kappa shape index (κ3) is 2.91. The highest BCUT2D eigenvalue weighted by molar-refractivity contribution is 5.95. The summed E-state index contributed by atoms with van der Waals surface area (Å²) >= 11 is 0. The third-order valence-corrected chi connectivity index (χ3v) is 4.56. The van der Waals surface area contributed by atoms with E-state index in [2.05, 4.69) is 20.9 Å². The average Bonchev–Trinajstić information content (AvgIpc) is 2.67. The Morgan fingerprint density at radius 1 is 0.960 bits per heavy atom. The lowest BCUT2D eigenvalue weighted by Gasteiger charge is -2.36. The van der Waals surface area contributed by atoms with Gasteiger partial charge in [0.15, 0.2) is 5.82 Å². The maximum atomic E-state index is 13.8. The minimum absolute atomic E-state index is 0.0790. The quantitative estimate of drug-likeness (QED) is 0.722. The summed E-state index contributed by atoms with van der Waals surface area (Å²) in [6.07, 6.45) is 6.23. The molecule has 1 amide bonds. The predicted octanol–water partition coefficient (Wildman–Crippen LogP) is 2.73. The van der Waals surface area contributed by atoms with Crippen molar-refractivity contribution in [2.75, 3.05) is 31.1 Å². The highest BCUT2D eigenvalue weighted by Crippen LogP contribution is 2.26. The molecular formula is C19H17FN4O. The summed E-state index contributed by atoms with van der Waals surface area (Å²) in [4.78, 5) is 24.4. The van der Waals surface area contributed by atoms with E-state index in [4.69, 9.17) is 0 Å². The van der Waals surface area contributed by atoms with E-state index in [0.29, 0.717) is 26.2 Å². The Hall–Kier alpha value is -3.02. The van der Waals surface area contributed by atoms with Gasteiger partial charge in [-0.25, -0.2) is 4.39 Å². The van der Waals surface area contributed by atoms with Crippen molar-refractivity contribution in [3.63, 3.8) is 0 Å². The molecule has 2 aromatic heterocycles. The zero-order valence-electron chi connectivity index (χ0n) is 13.6. The van der Waals surface area contributed by atoms with Crippen LogP contribution in [0.15, 0.2) is 55.1 Å². The molecule has 0 aliphatic carbocycles. The van der Waals surface area contributed by atoms with Gasteiger partial charge in [0.05, 0.1) is 23.6 Å². The molecule has 0 saturated carbocycles. The molecule has 1 aliphatic heterocycles. The average molecular weight is 336 g/mol. The number of nitrogens with zero attached hydrogens (tertiary/aromatic N) is 4. The first kappa shape index (κ1) is 15.5. The molecule has 0 N–H and O–H groups in total. The molecule has 3 aromatic rings. The maximum Gasteiger partial charge on any atom is 0.257 e. The fourth-order valence-electron chi connectivity index (χ4n) is 3.22. The van der Waals surface area contributed by atoms with Crippen molar-refractivity contribution in [3.05, 3.63) is 66.5 Å². The second kappa shape index (κ2) is 6.47. The number of anilines is 1. The second-order valence-electron chi connectivity index (χ2n) is 6.01. The van der Waals surface area contributed by atoms with Gasteiger partial charge >= 0.3 is 0 Å². The number of carbonyl (C=O) groups excluding carboxylic acids is 1. The van der Waals surface area contributed by atoms with Gasteiger partial charge in [-0.1, -0.05) is 24.3 Å². The number of benzene rings is 1. The third-order valence-electron chi connectivity index (χ3n) is 4.56. The van der Waals surface area contributed by atoms with E-state index < -0.39 is 5.82 Å². The lowest BCUT2D eigenvalue weighted by Crippen LogP contribution is -2.49. The summed E-state index contributed by atoms with van der Waals surface area (Å²) in [5.41, 5.74) is 1.15. The van der Waals surface area contributed by atoms with Gasteiger partial charge in [0.2, 0.25) is 0 Å². The van der Waals surface area contributed by atoms with Crippen LogP contribution in [-0.2, 0) is 0 Å². The topological polar surface area (TPSA) is 49.3 Å². The molecule has 126 valence electrons. The number of fused-ring (bicyclic) bond motifs is 1. The molecular weight excluding hydrogens is 319 g/mol. The Bertz CT molecular complexity index is 917. The monoisotopic (exact) mass is 336 g/mol. The number of halogens is 1. The van der Waals surface area contributed by atoms with Gasteiger partial charge in [0.1, 0.15) is 0 Å². The largest absolute Gasteiger partial charge is 0.366 e. The van der Waals surface area contributed by atoms with Gasteiger partial charge in [-0.2, -0.15) is 0 Å². The Morgan fingerprint density at radius 3 is 2.56 bits per heavy atom. The van der Waals surface area contributed by atoms with E-state index in [9.17, 15) is 9.18 Å². The van der Waals surface area contributed by atoms with Crippen LogP contribution in [0.25, 0.3) is 10.8 Å². The van der Waals surface area contributed by atoms with E-state index >= 15 is 0 Å². The summed E-state index contributed by atoms with van der Waals surface area (Å²) in [6, 6.07) is 9.55. The van der Waals surface area contributed by atoms with Crippen molar-refractivity contribution in [2.24, 2.45) is 0 Å². The van der Waals surface area contributed by atoms with Crippen LogP contribution >= 0.6 is 0 Å². The van der Waals surface area contributed by atoms with E-state index in [1.165, 1.54) is 12.3 Å². The number of piperazine rings is 1. The minimum atomic E-state index is -0.576. The fourth-order valence-corrected chi connectivity index (χ4v) is 3.22. The first-order chi connectivity index (χ1) is 12.2. The van der Waals surface area contributed by atoms with E-state index in [0.717, 1.165) is 22.7 Å². The first-order valence-corrected chi connectivity index (χ1v) is 8.20. The van der Waals surface area contributed by atoms with Gasteiger partial charge < -0.3 is 9.80 Å². The molecule has 0 atom stereocenters. The lowest BCUT2D eigenvalue weighted by atomic mass is 10.1. The molecule has 1 aromatic carbocycles. The van der Waals surface area contributed by atoms with Crippen LogP contribution < -0.4 is 4.90 Å². The molecule has 1 aliphatic rings. The number of hydrogen-bond donors (Lipinski definition) is 0. The Morgan fingerprint density at radius 2 is 1.76 bits per heavy atom. The van der Waals surface area contributed by atoms with Crippen molar-refractivity contribution in [1.29, 1.82) is 0 Å². The second-order valence-corrected chi connectivity index (χ2v) is 6.01. The standard InChI is InChI=1S/C19H17FN4O/c20-17-12-21-6-5-16(17)19(25)24-9-7-23(8-10-24)18-13-22-11-14-3-1-2-4-15(14)18/h1-6,11-13H,7-10H2. The van der Waals surface area contributed by atoms with Crippen molar-refractivity contribution in [1.82, 2.24) is 14.9 Å². The van der Waals surface area contributed by atoms with Crippen LogP contribution in [0.2, 0.25) is 0 Å². The highest BCUT2D eigenvalue weighted by Gasteiger charge is 2.24. The molecule has 25 heavy (non-hydrogen) atoms. The molecule has 5 nitrogen and oxygen atoms in total. The Balaban J connectivity index is 1.52. The van der Waals surface area contributed by atoms with Crippen molar-refractivity contribution in [3.8, 4) is 0 Å². The number of amides is 1. The van der Waals surface area contributed by atoms with Crippen LogP contribution in [0.3, 0.4) is 0 Å². The predicted molar refractivity (Wildman–Crippen MR) is 94.1 cm³/mol. The summed E-state index contributed by atoms with van der Waals surface area (Å²) in [5.74, 6) is -0.858. The van der Waals surface area contributed by atoms with Crippen LogP contribution in [0, 0.1) is 5.82 Å². The van der Waals surface area contributed by atoms with Crippen LogP contribution in [0.4, 0.5) is 10.1 Å². The van der Waals surface area contributed by atoms with Crippen molar-refractivity contribution < 1.29 is 9.18 Å².